The van der Waals surface area contributed by atoms with E-state index in [0.29, 0.717) is 17.2 Å². The molecule has 1 atom stereocenters. The van der Waals surface area contributed by atoms with Crippen LogP contribution >= 0.6 is 0 Å². The standard InChI is InChI=1S/C13H14O3S/c1-8(2)9-5-4-6-11-10(7-9)12(17(3)15)13(14)16-11/h4-8H,1-3H3. The Morgan fingerprint density at radius 1 is 1.29 bits per heavy atom. The summed E-state index contributed by atoms with van der Waals surface area (Å²) < 4.78 is 16.7. The van der Waals surface area contributed by atoms with E-state index in [1.54, 1.807) is 6.07 Å². The van der Waals surface area contributed by atoms with E-state index in [1.165, 1.54) is 6.26 Å². The first kappa shape index (κ1) is 12.0. The van der Waals surface area contributed by atoms with Gasteiger partial charge in [-0.3, -0.25) is 4.21 Å². The van der Waals surface area contributed by atoms with Gasteiger partial charge in [-0.05, 0) is 23.6 Å². The fraction of sp³-hybridized carbons (Fsp3) is 0.308. The zero-order chi connectivity index (χ0) is 12.6. The fourth-order valence-electron chi connectivity index (χ4n) is 1.78. The van der Waals surface area contributed by atoms with Crippen LogP contribution in [0.4, 0.5) is 0 Å². The Hall–Kier alpha value is -1.42. The Kier molecular flexibility index (Phi) is 3.15. The summed E-state index contributed by atoms with van der Waals surface area (Å²) in [5.41, 5.74) is 1.25. The van der Waals surface area contributed by atoms with Gasteiger partial charge in [-0.2, -0.15) is 0 Å². The van der Waals surface area contributed by atoms with Crippen LogP contribution in [0.5, 0.6) is 0 Å². The third kappa shape index (κ3) is 2.17. The first-order chi connectivity index (χ1) is 8.00. The lowest BCUT2D eigenvalue weighted by molar-refractivity contribution is 0.536. The maximum atomic E-state index is 11.6. The summed E-state index contributed by atoms with van der Waals surface area (Å²) in [7, 11) is -1.33. The molecule has 90 valence electrons. The van der Waals surface area contributed by atoms with Gasteiger partial charge in [0, 0.05) is 11.8 Å². The summed E-state index contributed by atoms with van der Waals surface area (Å²) in [4.78, 5) is 11.9. The van der Waals surface area contributed by atoms with Crippen LogP contribution in [0.1, 0.15) is 25.3 Å². The molecule has 17 heavy (non-hydrogen) atoms. The lowest BCUT2D eigenvalue weighted by Crippen LogP contribution is -2.02. The van der Waals surface area contributed by atoms with Gasteiger partial charge < -0.3 is 4.42 Å². The largest absolute Gasteiger partial charge is 0.422 e. The maximum absolute atomic E-state index is 11.6. The van der Waals surface area contributed by atoms with Crippen LogP contribution in [0.2, 0.25) is 0 Å². The Balaban J connectivity index is 2.79. The molecule has 1 aliphatic carbocycles. The predicted molar refractivity (Wildman–Crippen MR) is 68.0 cm³/mol. The molecule has 3 nitrogen and oxygen atoms in total. The summed E-state index contributed by atoms with van der Waals surface area (Å²) in [6, 6.07) is 7.45. The molecule has 2 rings (SSSR count). The average Bonchev–Trinajstić information content (AvgIpc) is 2.42. The summed E-state index contributed by atoms with van der Waals surface area (Å²) in [6.07, 6.45) is 1.49. The van der Waals surface area contributed by atoms with Gasteiger partial charge in [0.1, 0.15) is 10.7 Å². The highest BCUT2D eigenvalue weighted by atomic mass is 32.2. The molecule has 0 N–H and O–H groups in total. The van der Waals surface area contributed by atoms with Gasteiger partial charge in [0.05, 0.1) is 10.8 Å². The van der Waals surface area contributed by atoms with Gasteiger partial charge in [0.25, 0.3) is 0 Å². The van der Waals surface area contributed by atoms with Crippen molar-refractivity contribution in [1.29, 1.82) is 0 Å². The molecule has 1 aliphatic heterocycles. The van der Waals surface area contributed by atoms with Gasteiger partial charge in [-0.25, -0.2) is 4.79 Å². The highest BCUT2D eigenvalue weighted by Crippen LogP contribution is 2.28. The van der Waals surface area contributed by atoms with E-state index in [0.717, 1.165) is 5.56 Å². The van der Waals surface area contributed by atoms with E-state index < -0.39 is 16.4 Å². The Bertz CT molecular complexity index is 598. The Morgan fingerprint density at radius 2 is 2.00 bits per heavy atom. The minimum absolute atomic E-state index is 0.262. The molecular formula is C13H14O3S. The highest BCUT2D eigenvalue weighted by Gasteiger charge is 2.20. The van der Waals surface area contributed by atoms with Crippen LogP contribution in [0.15, 0.2) is 38.4 Å². The topological polar surface area (TPSA) is 47.3 Å². The van der Waals surface area contributed by atoms with Crippen molar-refractivity contribution in [3.8, 4) is 11.3 Å². The van der Waals surface area contributed by atoms with E-state index in [2.05, 4.69) is 13.8 Å². The highest BCUT2D eigenvalue weighted by molar-refractivity contribution is 7.84. The molecule has 2 aliphatic rings. The normalized spacial score (nSPS) is 13.2. The van der Waals surface area contributed by atoms with Crippen molar-refractivity contribution in [2.24, 2.45) is 0 Å². The van der Waals surface area contributed by atoms with Crippen molar-refractivity contribution in [2.45, 2.75) is 24.7 Å². The van der Waals surface area contributed by atoms with Gasteiger partial charge in [0.2, 0.25) is 0 Å². The quantitative estimate of drug-likeness (QED) is 0.823. The first-order valence-corrected chi connectivity index (χ1v) is 6.96. The maximum Gasteiger partial charge on any atom is 0.353 e. The van der Waals surface area contributed by atoms with Crippen molar-refractivity contribution in [2.75, 3.05) is 6.26 Å². The SMILES string of the molecule is CC(C)c1cccc2oc(=O)c(S(C)=O)c-2c1. The number of furan rings is 1. The number of hydrogen-bond acceptors (Lipinski definition) is 3. The second-order valence-corrected chi connectivity index (χ2v) is 5.59. The third-order valence-corrected chi connectivity index (χ3v) is 3.66. The summed E-state index contributed by atoms with van der Waals surface area (Å²) in [5.74, 6) is 0.834. The molecular weight excluding hydrogens is 236 g/mol. The lowest BCUT2D eigenvalue weighted by Gasteiger charge is -2.02. The van der Waals surface area contributed by atoms with Crippen molar-refractivity contribution in [3.05, 3.63) is 40.2 Å². The molecule has 0 spiro atoms. The predicted octanol–water partition coefficient (Wildman–Crippen LogP) is 2.61. The van der Waals surface area contributed by atoms with E-state index in [-0.39, 0.29) is 4.90 Å². The van der Waals surface area contributed by atoms with Crippen LogP contribution in [0, 0.1) is 0 Å². The van der Waals surface area contributed by atoms with Crippen LogP contribution in [-0.4, -0.2) is 10.5 Å². The number of rotatable bonds is 2. The second kappa shape index (κ2) is 4.45. The van der Waals surface area contributed by atoms with E-state index in [1.807, 2.05) is 18.2 Å². The molecule has 0 aromatic rings. The minimum atomic E-state index is -1.33. The van der Waals surface area contributed by atoms with Crippen LogP contribution in [0.25, 0.3) is 11.3 Å². The van der Waals surface area contributed by atoms with Gasteiger partial charge >= 0.3 is 5.63 Å². The molecule has 1 unspecified atom stereocenters. The first-order valence-electron chi connectivity index (χ1n) is 5.41. The molecule has 0 amide bonds. The second-order valence-electron chi connectivity index (χ2n) is 4.28. The van der Waals surface area contributed by atoms with Crippen molar-refractivity contribution >= 4 is 10.8 Å². The molecule has 1 heterocycles. The molecule has 0 radical (unpaired) electrons. The van der Waals surface area contributed by atoms with Crippen LogP contribution in [0.3, 0.4) is 0 Å². The van der Waals surface area contributed by atoms with Crippen LogP contribution < -0.4 is 5.63 Å². The summed E-state index contributed by atoms with van der Waals surface area (Å²) in [5, 5.41) is 0. The Morgan fingerprint density at radius 3 is 2.59 bits per heavy atom. The van der Waals surface area contributed by atoms with Gasteiger partial charge in [0.15, 0.2) is 0 Å². The van der Waals surface area contributed by atoms with Crippen molar-refractivity contribution < 1.29 is 8.63 Å². The molecule has 4 heteroatoms. The van der Waals surface area contributed by atoms with E-state index >= 15 is 0 Å². The molecule has 0 aromatic carbocycles. The van der Waals surface area contributed by atoms with E-state index in [4.69, 9.17) is 4.42 Å². The minimum Gasteiger partial charge on any atom is -0.422 e. The van der Waals surface area contributed by atoms with Crippen molar-refractivity contribution in [3.63, 3.8) is 0 Å². The van der Waals surface area contributed by atoms with Crippen molar-refractivity contribution in [1.82, 2.24) is 0 Å². The zero-order valence-corrected chi connectivity index (χ0v) is 10.8. The summed E-state index contributed by atoms with van der Waals surface area (Å²) in [6.45, 7) is 4.14. The van der Waals surface area contributed by atoms with Crippen LogP contribution in [-0.2, 0) is 10.8 Å². The third-order valence-electron chi connectivity index (χ3n) is 2.70. The smallest absolute Gasteiger partial charge is 0.353 e. The molecule has 0 fully saturated rings. The molecule has 0 bridgehead atoms. The monoisotopic (exact) mass is 250 g/mol. The average molecular weight is 250 g/mol. The van der Waals surface area contributed by atoms with E-state index in [9.17, 15) is 9.00 Å². The summed E-state index contributed by atoms with van der Waals surface area (Å²) >= 11 is 0. The number of hydrogen-bond donors (Lipinski definition) is 0. The number of fused-ring (bicyclic) bond motifs is 1. The lowest BCUT2D eigenvalue weighted by atomic mass is 10.0. The zero-order valence-electron chi connectivity index (χ0n) is 10.0. The molecule has 0 saturated carbocycles. The van der Waals surface area contributed by atoms with Gasteiger partial charge in [-0.1, -0.05) is 26.0 Å². The molecule has 0 saturated heterocycles. The fourth-order valence-corrected chi connectivity index (χ4v) is 2.52. The Labute approximate surface area is 102 Å². The molecule has 0 aromatic heterocycles. The van der Waals surface area contributed by atoms with Gasteiger partial charge in [-0.15, -0.1) is 0 Å².